The van der Waals surface area contributed by atoms with Crippen molar-refractivity contribution in [1.82, 2.24) is 14.5 Å². The number of nitrogens with zero attached hydrogens (tertiary/aromatic N) is 2. The molecule has 144 valence electrons. The van der Waals surface area contributed by atoms with E-state index in [0.29, 0.717) is 35.5 Å². The highest BCUT2D eigenvalue weighted by Gasteiger charge is 2.12. The molecule has 28 heavy (non-hydrogen) atoms. The summed E-state index contributed by atoms with van der Waals surface area (Å²) >= 11 is 0. The molecule has 4 rings (SSSR count). The molecule has 4 aromatic rings. The predicted octanol–water partition coefficient (Wildman–Crippen LogP) is 3.15. The molecule has 2 aromatic heterocycles. The Morgan fingerprint density at radius 1 is 1.00 bits per heavy atom. The molecule has 2 aromatic carbocycles. The van der Waals surface area contributed by atoms with Gasteiger partial charge in [-0.2, -0.15) is 0 Å². The summed E-state index contributed by atoms with van der Waals surface area (Å²) in [4.78, 5) is 20.6. The Labute approximate surface area is 161 Å². The van der Waals surface area contributed by atoms with Gasteiger partial charge in [0.05, 0.1) is 33.2 Å². The molecule has 0 bridgehead atoms. The van der Waals surface area contributed by atoms with Gasteiger partial charge in [-0.1, -0.05) is 6.07 Å². The third-order valence-corrected chi connectivity index (χ3v) is 4.87. The number of aromatic nitrogens is 3. The van der Waals surface area contributed by atoms with E-state index in [0.717, 1.165) is 22.2 Å². The van der Waals surface area contributed by atoms with Crippen LogP contribution in [0.4, 0.5) is 0 Å². The molecule has 0 aliphatic heterocycles. The zero-order chi connectivity index (χ0) is 19.7. The predicted molar refractivity (Wildman–Crippen MR) is 108 cm³/mol. The average Bonchev–Trinajstić information content (AvgIpc) is 3.11. The smallest absolute Gasteiger partial charge is 0.277 e. The molecule has 0 radical (unpaired) electrons. The number of aromatic amines is 1. The molecular weight excluding hydrogens is 358 g/mol. The quantitative estimate of drug-likeness (QED) is 0.557. The standard InChI is InChI=1S/C21H21N3O4/c1-26-14-5-6-15-16(11-14)23-20-19(15)22-12-24(21(20)25)9-8-13-4-7-17(27-2)18(10-13)28-3/h4-7,10-12,23H,8-9H2,1-3H3. The van der Waals surface area contributed by atoms with E-state index in [2.05, 4.69) is 9.97 Å². The van der Waals surface area contributed by atoms with Crippen LogP contribution in [0.25, 0.3) is 21.9 Å². The molecule has 0 atom stereocenters. The molecule has 1 N–H and O–H groups in total. The molecule has 0 unspecified atom stereocenters. The van der Waals surface area contributed by atoms with Crippen LogP contribution in [0.2, 0.25) is 0 Å². The second-order valence-electron chi connectivity index (χ2n) is 6.44. The summed E-state index contributed by atoms with van der Waals surface area (Å²) in [5.74, 6) is 2.08. The van der Waals surface area contributed by atoms with Crippen LogP contribution < -0.4 is 19.8 Å². The van der Waals surface area contributed by atoms with E-state index in [1.54, 1.807) is 32.2 Å². The molecule has 0 spiro atoms. The van der Waals surface area contributed by atoms with Gasteiger partial charge in [0.1, 0.15) is 16.8 Å². The number of rotatable bonds is 6. The number of nitrogens with one attached hydrogen (secondary N) is 1. The lowest BCUT2D eigenvalue weighted by molar-refractivity contribution is 0.354. The van der Waals surface area contributed by atoms with Gasteiger partial charge in [-0.25, -0.2) is 4.98 Å². The number of H-pyrrole nitrogens is 1. The highest BCUT2D eigenvalue weighted by molar-refractivity contribution is 6.04. The molecule has 0 aliphatic rings. The summed E-state index contributed by atoms with van der Waals surface area (Å²) in [5.41, 5.74) is 2.95. The second-order valence-corrected chi connectivity index (χ2v) is 6.44. The van der Waals surface area contributed by atoms with Crippen LogP contribution >= 0.6 is 0 Å². The van der Waals surface area contributed by atoms with Crippen LogP contribution in [-0.2, 0) is 13.0 Å². The Hall–Kier alpha value is -3.48. The lowest BCUT2D eigenvalue weighted by Gasteiger charge is -2.10. The Morgan fingerprint density at radius 2 is 1.82 bits per heavy atom. The summed E-state index contributed by atoms with van der Waals surface area (Å²) in [7, 11) is 4.83. The van der Waals surface area contributed by atoms with Crippen molar-refractivity contribution in [2.24, 2.45) is 0 Å². The number of hydrogen-bond donors (Lipinski definition) is 1. The number of benzene rings is 2. The van der Waals surface area contributed by atoms with Crippen molar-refractivity contribution in [2.75, 3.05) is 21.3 Å². The Kier molecular flexibility index (Phi) is 4.65. The number of fused-ring (bicyclic) bond motifs is 3. The lowest BCUT2D eigenvalue weighted by Crippen LogP contribution is -2.21. The van der Waals surface area contributed by atoms with Crippen molar-refractivity contribution in [2.45, 2.75) is 13.0 Å². The zero-order valence-electron chi connectivity index (χ0n) is 16.0. The van der Waals surface area contributed by atoms with E-state index in [1.165, 1.54) is 0 Å². The maximum Gasteiger partial charge on any atom is 0.277 e. The van der Waals surface area contributed by atoms with Crippen LogP contribution in [0.5, 0.6) is 17.2 Å². The molecule has 7 heteroatoms. The first kappa shape index (κ1) is 17.9. The van der Waals surface area contributed by atoms with Crippen molar-refractivity contribution in [3.63, 3.8) is 0 Å². The maximum absolute atomic E-state index is 12.9. The van der Waals surface area contributed by atoms with Crippen LogP contribution in [0.1, 0.15) is 5.56 Å². The fraction of sp³-hybridized carbons (Fsp3) is 0.238. The molecule has 0 fully saturated rings. The lowest BCUT2D eigenvalue weighted by atomic mass is 10.1. The minimum absolute atomic E-state index is 0.0966. The first-order chi connectivity index (χ1) is 13.6. The zero-order valence-corrected chi connectivity index (χ0v) is 16.0. The first-order valence-electron chi connectivity index (χ1n) is 8.90. The van der Waals surface area contributed by atoms with Crippen molar-refractivity contribution < 1.29 is 14.2 Å². The Balaban J connectivity index is 1.65. The van der Waals surface area contributed by atoms with Crippen LogP contribution in [-0.4, -0.2) is 35.9 Å². The summed E-state index contributed by atoms with van der Waals surface area (Å²) in [5, 5.41) is 0.903. The summed E-state index contributed by atoms with van der Waals surface area (Å²) in [6, 6.07) is 11.4. The third-order valence-electron chi connectivity index (χ3n) is 4.87. The first-order valence-corrected chi connectivity index (χ1v) is 8.90. The summed E-state index contributed by atoms with van der Waals surface area (Å²) in [6.45, 7) is 0.510. The van der Waals surface area contributed by atoms with E-state index in [1.807, 2.05) is 36.4 Å². The molecule has 7 nitrogen and oxygen atoms in total. The number of hydrogen-bond acceptors (Lipinski definition) is 5. The van der Waals surface area contributed by atoms with E-state index in [9.17, 15) is 4.79 Å². The van der Waals surface area contributed by atoms with Gasteiger partial charge in [-0.05, 0) is 36.2 Å². The monoisotopic (exact) mass is 379 g/mol. The minimum atomic E-state index is -0.0966. The number of ether oxygens (including phenoxy) is 3. The molecule has 2 heterocycles. The van der Waals surface area contributed by atoms with Gasteiger partial charge in [0.15, 0.2) is 11.5 Å². The van der Waals surface area contributed by atoms with Crippen molar-refractivity contribution in [3.05, 3.63) is 58.6 Å². The SMILES string of the molecule is COc1ccc2c(c1)[nH]c1c(=O)n(CCc3ccc(OC)c(OC)c3)cnc12. The average molecular weight is 379 g/mol. The van der Waals surface area contributed by atoms with Gasteiger partial charge in [-0.15, -0.1) is 0 Å². The van der Waals surface area contributed by atoms with Gasteiger partial charge in [0.2, 0.25) is 0 Å². The van der Waals surface area contributed by atoms with Gasteiger partial charge in [-0.3, -0.25) is 9.36 Å². The van der Waals surface area contributed by atoms with Gasteiger partial charge in [0.25, 0.3) is 5.56 Å². The van der Waals surface area contributed by atoms with Crippen molar-refractivity contribution >= 4 is 21.9 Å². The van der Waals surface area contributed by atoms with Gasteiger partial charge >= 0.3 is 0 Å². The normalized spacial score (nSPS) is 11.1. The number of aryl methyl sites for hydroxylation is 2. The fourth-order valence-electron chi connectivity index (χ4n) is 3.35. The van der Waals surface area contributed by atoms with Crippen molar-refractivity contribution in [3.8, 4) is 17.2 Å². The fourth-order valence-corrected chi connectivity index (χ4v) is 3.35. The number of methoxy groups -OCH3 is 3. The molecule has 0 aliphatic carbocycles. The third kappa shape index (κ3) is 3.05. The van der Waals surface area contributed by atoms with E-state index >= 15 is 0 Å². The van der Waals surface area contributed by atoms with Crippen molar-refractivity contribution in [1.29, 1.82) is 0 Å². The Morgan fingerprint density at radius 3 is 2.57 bits per heavy atom. The van der Waals surface area contributed by atoms with Crippen LogP contribution in [0.3, 0.4) is 0 Å². The largest absolute Gasteiger partial charge is 0.497 e. The highest BCUT2D eigenvalue weighted by atomic mass is 16.5. The van der Waals surface area contributed by atoms with E-state index < -0.39 is 0 Å². The van der Waals surface area contributed by atoms with Crippen LogP contribution in [0.15, 0.2) is 47.5 Å². The summed E-state index contributed by atoms with van der Waals surface area (Å²) in [6.07, 6.45) is 2.27. The topological polar surface area (TPSA) is 78.4 Å². The molecule has 0 amide bonds. The highest BCUT2D eigenvalue weighted by Crippen LogP contribution is 2.28. The molecular formula is C21H21N3O4. The van der Waals surface area contributed by atoms with Crippen LogP contribution in [0, 0.1) is 0 Å². The minimum Gasteiger partial charge on any atom is -0.497 e. The molecule has 0 saturated heterocycles. The van der Waals surface area contributed by atoms with E-state index in [4.69, 9.17) is 14.2 Å². The maximum atomic E-state index is 12.9. The second kappa shape index (κ2) is 7.26. The Bertz CT molecular complexity index is 1210. The molecule has 0 saturated carbocycles. The summed E-state index contributed by atoms with van der Waals surface area (Å²) < 4.78 is 17.5. The van der Waals surface area contributed by atoms with Gasteiger partial charge < -0.3 is 19.2 Å². The van der Waals surface area contributed by atoms with Gasteiger partial charge in [0, 0.05) is 18.0 Å². The van der Waals surface area contributed by atoms with E-state index in [-0.39, 0.29) is 5.56 Å².